The molecule has 4 heteroatoms. The van der Waals surface area contributed by atoms with E-state index in [-0.39, 0.29) is 0 Å². The number of sulfone groups is 1. The minimum atomic E-state index is -3.21. The quantitative estimate of drug-likeness (QED) is 0.850. The third-order valence-electron chi connectivity index (χ3n) is 3.65. The van der Waals surface area contributed by atoms with Crippen molar-refractivity contribution >= 4 is 20.6 Å². The average molecular weight is 291 g/mol. The number of benzene rings is 2. The standard InChI is InChI=1S/C16H21NO2S/c1-4-17(2)12-11-14-8-5-7-13-9-6-10-15(16(13)14)20(3,18)19/h5-10H,4,11-12H2,1-3H3. The highest BCUT2D eigenvalue weighted by atomic mass is 32.2. The fraction of sp³-hybridized carbons (Fsp3) is 0.375. The highest BCUT2D eigenvalue weighted by Gasteiger charge is 2.14. The van der Waals surface area contributed by atoms with E-state index in [1.165, 1.54) is 6.26 Å². The van der Waals surface area contributed by atoms with Gasteiger partial charge in [-0.05, 0) is 37.0 Å². The van der Waals surface area contributed by atoms with Crippen molar-refractivity contribution in [3.8, 4) is 0 Å². The maximum atomic E-state index is 12.0. The van der Waals surface area contributed by atoms with Crippen LogP contribution in [0.25, 0.3) is 10.8 Å². The van der Waals surface area contributed by atoms with Gasteiger partial charge in [0.25, 0.3) is 0 Å². The first-order valence-corrected chi connectivity index (χ1v) is 8.72. The Hall–Kier alpha value is -1.39. The third-order valence-corrected chi connectivity index (χ3v) is 4.79. The van der Waals surface area contributed by atoms with Gasteiger partial charge in [-0.25, -0.2) is 8.42 Å². The molecule has 108 valence electrons. The number of hydrogen-bond donors (Lipinski definition) is 0. The van der Waals surface area contributed by atoms with Crippen LogP contribution < -0.4 is 0 Å². The summed E-state index contributed by atoms with van der Waals surface area (Å²) >= 11 is 0. The smallest absolute Gasteiger partial charge is 0.176 e. The van der Waals surface area contributed by atoms with Crippen LogP contribution >= 0.6 is 0 Å². The van der Waals surface area contributed by atoms with Gasteiger partial charge in [-0.2, -0.15) is 0 Å². The Morgan fingerprint density at radius 3 is 2.35 bits per heavy atom. The molecule has 2 aromatic carbocycles. The lowest BCUT2D eigenvalue weighted by Crippen LogP contribution is -2.20. The molecule has 0 saturated heterocycles. The predicted octanol–water partition coefficient (Wildman–Crippen LogP) is 2.74. The van der Waals surface area contributed by atoms with Gasteiger partial charge in [0.1, 0.15) is 0 Å². The molecule has 0 atom stereocenters. The Labute approximate surface area is 121 Å². The number of hydrogen-bond acceptors (Lipinski definition) is 3. The monoisotopic (exact) mass is 291 g/mol. The van der Waals surface area contributed by atoms with E-state index >= 15 is 0 Å². The average Bonchev–Trinajstić information content (AvgIpc) is 2.42. The Morgan fingerprint density at radius 2 is 1.75 bits per heavy atom. The van der Waals surface area contributed by atoms with Crippen LogP contribution in [0.1, 0.15) is 12.5 Å². The molecular formula is C16H21NO2S. The summed E-state index contributed by atoms with van der Waals surface area (Å²) in [6.07, 6.45) is 2.13. The summed E-state index contributed by atoms with van der Waals surface area (Å²) in [6, 6.07) is 11.5. The van der Waals surface area contributed by atoms with E-state index in [9.17, 15) is 8.42 Å². The van der Waals surface area contributed by atoms with Crippen LogP contribution in [0.3, 0.4) is 0 Å². The third kappa shape index (κ3) is 3.19. The Kier molecular flexibility index (Phi) is 4.45. The van der Waals surface area contributed by atoms with Gasteiger partial charge in [-0.15, -0.1) is 0 Å². The Morgan fingerprint density at radius 1 is 1.10 bits per heavy atom. The van der Waals surface area contributed by atoms with Crippen LogP contribution in [-0.4, -0.2) is 39.7 Å². The van der Waals surface area contributed by atoms with E-state index in [4.69, 9.17) is 0 Å². The SMILES string of the molecule is CCN(C)CCc1cccc2cccc(S(C)(=O)=O)c12. The van der Waals surface area contributed by atoms with Gasteiger partial charge in [0.15, 0.2) is 9.84 Å². The summed E-state index contributed by atoms with van der Waals surface area (Å²) in [5, 5.41) is 1.87. The molecule has 2 aromatic rings. The maximum Gasteiger partial charge on any atom is 0.176 e. The van der Waals surface area contributed by atoms with Crippen molar-refractivity contribution in [2.45, 2.75) is 18.2 Å². The van der Waals surface area contributed by atoms with Crippen LogP contribution in [0.15, 0.2) is 41.3 Å². The predicted molar refractivity (Wildman–Crippen MR) is 83.9 cm³/mol. The molecule has 0 saturated carbocycles. The van der Waals surface area contributed by atoms with Crippen molar-refractivity contribution in [1.29, 1.82) is 0 Å². The second kappa shape index (κ2) is 5.94. The van der Waals surface area contributed by atoms with Gasteiger partial charge in [0.2, 0.25) is 0 Å². The van der Waals surface area contributed by atoms with Crippen molar-refractivity contribution in [2.75, 3.05) is 26.4 Å². The molecule has 3 nitrogen and oxygen atoms in total. The molecule has 0 unspecified atom stereocenters. The molecule has 0 amide bonds. The molecule has 2 rings (SSSR count). The summed E-state index contributed by atoms with van der Waals surface area (Å²) in [5.74, 6) is 0. The van der Waals surface area contributed by atoms with E-state index in [1.54, 1.807) is 12.1 Å². The summed E-state index contributed by atoms with van der Waals surface area (Å²) < 4.78 is 24.0. The lowest BCUT2D eigenvalue weighted by molar-refractivity contribution is 0.358. The molecule has 0 fully saturated rings. The summed E-state index contributed by atoms with van der Waals surface area (Å²) in [5.41, 5.74) is 1.10. The highest BCUT2D eigenvalue weighted by molar-refractivity contribution is 7.91. The van der Waals surface area contributed by atoms with E-state index in [0.717, 1.165) is 35.8 Å². The summed E-state index contributed by atoms with van der Waals surface area (Å²) in [4.78, 5) is 2.66. The molecule has 0 aliphatic rings. The molecule has 0 aromatic heterocycles. The van der Waals surface area contributed by atoms with Crippen molar-refractivity contribution in [2.24, 2.45) is 0 Å². The van der Waals surface area contributed by atoms with Gasteiger partial charge in [0.05, 0.1) is 4.90 Å². The van der Waals surface area contributed by atoms with Crippen molar-refractivity contribution in [1.82, 2.24) is 4.90 Å². The number of fused-ring (bicyclic) bond motifs is 1. The fourth-order valence-corrected chi connectivity index (χ4v) is 3.31. The second-order valence-electron chi connectivity index (χ2n) is 5.19. The number of likely N-dealkylation sites (N-methyl/N-ethyl adjacent to an activating group) is 1. The zero-order valence-corrected chi connectivity index (χ0v) is 13.1. The van der Waals surface area contributed by atoms with Gasteiger partial charge >= 0.3 is 0 Å². The Balaban J connectivity index is 2.55. The zero-order valence-electron chi connectivity index (χ0n) is 12.3. The first kappa shape index (κ1) is 15.0. The number of nitrogens with zero attached hydrogens (tertiary/aromatic N) is 1. The van der Waals surface area contributed by atoms with Crippen LogP contribution in [0.2, 0.25) is 0 Å². The van der Waals surface area contributed by atoms with Crippen LogP contribution in [0, 0.1) is 0 Å². The fourth-order valence-electron chi connectivity index (χ4n) is 2.37. The van der Waals surface area contributed by atoms with Crippen molar-refractivity contribution in [3.63, 3.8) is 0 Å². The van der Waals surface area contributed by atoms with Crippen molar-refractivity contribution in [3.05, 3.63) is 42.0 Å². The molecule has 0 N–H and O–H groups in total. The van der Waals surface area contributed by atoms with Crippen LogP contribution in [0.4, 0.5) is 0 Å². The minimum absolute atomic E-state index is 0.435. The van der Waals surface area contributed by atoms with Gasteiger partial charge in [-0.1, -0.05) is 37.3 Å². The van der Waals surface area contributed by atoms with Gasteiger partial charge < -0.3 is 4.90 Å². The normalized spacial score (nSPS) is 12.2. The molecule has 0 spiro atoms. The van der Waals surface area contributed by atoms with Gasteiger partial charge in [-0.3, -0.25) is 0 Å². The van der Waals surface area contributed by atoms with E-state index in [2.05, 4.69) is 18.9 Å². The van der Waals surface area contributed by atoms with Crippen LogP contribution in [0.5, 0.6) is 0 Å². The largest absolute Gasteiger partial charge is 0.306 e. The van der Waals surface area contributed by atoms with E-state index in [0.29, 0.717) is 4.90 Å². The molecule has 0 aliphatic carbocycles. The molecule has 0 bridgehead atoms. The van der Waals surface area contributed by atoms with Crippen molar-refractivity contribution < 1.29 is 8.42 Å². The summed E-state index contributed by atoms with van der Waals surface area (Å²) in [6.45, 7) is 4.03. The Bertz CT molecular complexity index is 702. The summed E-state index contributed by atoms with van der Waals surface area (Å²) in [7, 11) is -1.14. The second-order valence-corrected chi connectivity index (χ2v) is 7.17. The maximum absolute atomic E-state index is 12.0. The molecular weight excluding hydrogens is 270 g/mol. The van der Waals surface area contributed by atoms with E-state index < -0.39 is 9.84 Å². The zero-order chi connectivity index (χ0) is 14.8. The first-order chi connectivity index (χ1) is 9.43. The van der Waals surface area contributed by atoms with Crippen LogP contribution in [-0.2, 0) is 16.3 Å². The molecule has 0 heterocycles. The molecule has 20 heavy (non-hydrogen) atoms. The highest BCUT2D eigenvalue weighted by Crippen LogP contribution is 2.27. The minimum Gasteiger partial charge on any atom is -0.306 e. The van der Waals surface area contributed by atoms with E-state index in [1.807, 2.05) is 24.3 Å². The van der Waals surface area contributed by atoms with Gasteiger partial charge in [0, 0.05) is 18.2 Å². The lowest BCUT2D eigenvalue weighted by Gasteiger charge is -2.15. The lowest BCUT2D eigenvalue weighted by atomic mass is 10.0. The first-order valence-electron chi connectivity index (χ1n) is 6.82. The molecule has 0 radical (unpaired) electrons. The topological polar surface area (TPSA) is 37.4 Å². The molecule has 0 aliphatic heterocycles. The number of rotatable bonds is 5.